The lowest BCUT2D eigenvalue weighted by Gasteiger charge is -2.23. The first-order valence-electron chi connectivity index (χ1n) is 11.3. The summed E-state index contributed by atoms with van der Waals surface area (Å²) in [5.74, 6) is -0.535. The van der Waals surface area contributed by atoms with Crippen molar-refractivity contribution in [3.05, 3.63) is 101 Å². The summed E-state index contributed by atoms with van der Waals surface area (Å²) in [5.41, 5.74) is 4.82. The van der Waals surface area contributed by atoms with Crippen LogP contribution in [0, 0.1) is 6.92 Å². The van der Waals surface area contributed by atoms with Gasteiger partial charge in [0.15, 0.2) is 5.17 Å². The molecule has 1 N–H and O–H groups in total. The Bertz CT molecular complexity index is 1320. The van der Waals surface area contributed by atoms with E-state index in [2.05, 4.69) is 35.4 Å². The van der Waals surface area contributed by atoms with Crippen molar-refractivity contribution in [3.63, 3.8) is 0 Å². The van der Waals surface area contributed by atoms with E-state index in [9.17, 15) is 9.59 Å². The molecule has 35 heavy (non-hydrogen) atoms. The van der Waals surface area contributed by atoms with Gasteiger partial charge in [-0.1, -0.05) is 83.5 Å². The maximum absolute atomic E-state index is 12.7. The standard InChI is InChI=1S/C27H23ClN4O2S/c1-17-6-5-7-19(14-17)23-15-22(18-10-12-20(28)13-11-18)31-32(23)27-30-26(34)24(35-27)16-25(33)29-21-8-3-2-4-9-21/h2-14,23-24H,15-16H2,1H3,(H,29,33)/t23-,24-/m0/s1. The molecule has 0 saturated heterocycles. The number of para-hydroxylation sites is 1. The Hall–Kier alpha value is -3.42. The van der Waals surface area contributed by atoms with Crippen LogP contribution in [0.2, 0.25) is 5.02 Å². The summed E-state index contributed by atoms with van der Waals surface area (Å²) in [6.45, 7) is 2.05. The monoisotopic (exact) mass is 502 g/mol. The molecule has 2 heterocycles. The van der Waals surface area contributed by atoms with Crippen LogP contribution in [0.5, 0.6) is 0 Å². The third kappa shape index (κ3) is 5.31. The largest absolute Gasteiger partial charge is 0.326 e. The lowest BCUT2D eigenvalue weighted by atomic mass is 9.97. The summed E-state index contributed by atoms with van der Waals surface area (Å²) in [4.78, 5) is 29.6. The number of aryl methyl sites for hydroxylation is 1. The zero-order chi connectivity index (χ0) is 24.4. The number of aliphatic imine (C=N–C) groups is 1. The average molecular weight is 503 g/mol. The zero-order valence-electron chi connectivity index (χ0n) is 19.0. The van der Waals surface area contributed by atoms with Crippen molar-refractivity contribution in [2.45, 2.75) is 31.1 Å². The van der Waals surface area contributed by atoms with Gasteiger partial charge in [-0.15, -0.1) is 0 Å². The maximum atomic E-state index is 12.7. The van der Waals surface area contributed by atoms with Crippen LogP contribution in [-0.4, -0.2) is 33.0 Å². The molecule has 0 unspecified atom stereocenters. The minimum atomic E-state index is -0.582. The SMILES string of the molecule is Cc1cccc([C@@H]2CC(c3ccc(Cl)cc3)=NN2C2=NC(=O)[C@H](CC(=O)Nc3ccccc3)S2)c1. The second-order valence-electron chi connectivity index (χ2n) is 8.49. The third-order valence-corrected chi connectivity index (χ3v) is 7.26. The minimum Gasteiger partial charge on any atom is -0.326 e. The van der Waals surface area contributed by atoms with Crippen molar-refractivity contribution in [2.24, 2.45) is 10.1 Å². The number of halogens is 1. The highest BCUT2D eigenvalue weighted by atomic mass is 35.5. The Morgan fingerprint density at radius 3 is 2.60 bits per heavy atom. The Balaban J connectivity index is 1.37. The molecule has 0 bridgehead atoms. The van der Waals surface area contributed by atoms with Gasteiger partial charge in [0.1, 0.15) is 5.25 Å². The lowest BCUT2D eigenvalue weighted by molar-refractivity contribution is -0.121. The van der Waals surface area contributed by atoms with Gasteiger partial charge in [0.2, 0.25) is 5.91 Å². The number of nitrogens with zero attached hydrogens (tertiary/aromatic N) is 3. The van der Waals surface area contributed by atoms with E-state index in [4.69, 9.17) is 16.7 Å². The highest BCUT2D eigenvalue weighted by Crippen LogP contribution is 2.39. The van der Waals surface area contributed by atoms with E-state index in [1.807, 2.05) is 65.7 Å². The van der Waals surface area contributed by atoms with Gasteiger partial charge in [0.25, 0.3) is 5.91 Å². The summed E-state index contributed by atoms with van der Waals surface area (Å²) in [5, 5.41) is 10.1. The molecule has 2 aliphatic rings. The van der Waals surface area contributed by atoms with Crippen molar-refractivity contribution in [1.82, 2.24) is 5.01 Å². The molecule has 0 aliphatic carbocycles. The van der Waals surface area contributed by atoms with E-state index >= 15 is 0 Å². The van der Waals surface area contributed by atoms with Crippen LogP contribution >= 0.6 is 23.4 Å². The lowest BCUT2D eigenvalue weighted by Crippen LogP contribution is -2.25. The first-order valence-corrected chi connectivity index (χ1v) is 12.6. The van der Waals surface area contributed by atoms with Crippen molar-refractivity contribution in [3.8, 4) is 0 Å². The van der Waals surface area contributed by atoms with Crippen molar-refractivity contribution < 1.29 is 9.59 Å². The summed E-state index contributed by atoms with van der Waals surface area (Å²) < 4.78 is 0. The number of rotatable bonds is 5. The summed E-state index contributed by atoms with van der Waals surface area (Å²) in [6.07, 6.45) is 0.708. The molecule has 176 valence electrons. The second kappa shape index (κ2) is 10.1. The van der Waals surface area contributed by atoms with Gasteiger partial charge in [0, 0.05) is 23.6 Å². The first kappa shape index (κ1) is 23.3. The maximum Gasteiger partial charge on any atom is 0.262 e. The predicted octanol–water partition coefficient (Wildman–Crippen LogP) is 5.83. The van der Waals surface area contributed by atoms with E-state index in [0.717, 1.165) is 22.4 Å². The van der Waals surface area contributed by atoms with Crippen molar-refractivity contribution in [1.29, 1.82) is 0 Å². The van der Waals surface area contributed by atoms with Crippen LogP contribution < -0.4 is 5.32 Å². The van der Waals surface area contributed by atoms with Crippen LogP contribution in [0.15, 0.2) is 89.0 Å². The van der Waals surface area contributed by atoms with Gasteiger partial charge in [0.05, 0.1) is 11.8 Å². The number of thioether (sulfide) groups is 1. The quantitative estimate of drug-likeness (QED) is 0.476. The molecule has 0 radical (unpaired) electrons. The van der Waals surface area contributed by atoms with Gasteiger partial charge in [-0.05, 0) is 42.3 Å². The summed E-state index contributed by atoms with van der Waals surface area (Å²) in [7, 11) is 0. The summed E-state index contributed by atoms with van der Waals surface area (Å²) >= 11 is 7.37. The Labute approximate surface area is 213 Å². The van der Waals surface area contributed by atoms with Gasteiger partial charge >= 0.3 is 0 Å². The fourth-order valence-electron chi connectivity index (χ4n) is 4.15. The highest BCUT2D eigenvalue weighted by molar-refractivity contribution is 8.15. The molecule has 0 fully saturated rings. The molecule has 0 spiro atoms. The molecule has 0 aromatic heterocycles. The second-order valence-corrected chi connectivity index (χ2v) is 10.1. The summed E-state index contributed by atoms with van der Waals surface area (Å²) in [6, 6.07) is 25.0. The third-order valence-electron chi connectivity index (χ3n) is 5.87. The molecular weight excluding hydrogens is 480 g/mol. The molecule has 3 aromatic carbocycles. The smallest absolute Gasteiger partial charge is 0.262 e. The van der Waals surface area contributed by atoms with Crippen molar-refractivity contribution in [2.75, 3.05) is 5.32 Å². The molecule has 6 nitrogen and oxygen atoms in total. The Morgan fingerprint density at radius 2 is 1.86 bits per heavy atom. The van der Waals surface area contributed by atoms with Crippen LogP contribution in [0.1, 0.15) is 35.6 Å². The predicted molar refractivity (Wildman–Crippen MR) is 142 cm³/mol. The zero-order valence-corrected chi connectivity index (χ0v) is 20.6. The number of hydrogen-bond acceptors (Lipinski definition) is 5. The van der Waals surface area contributed by atoms with Crippen LogP contribution in [0.25, 0.3) is 0 Å². The number of amidine groups is 1. The molecule has 0 saturated carbocycles. The molecule has 8 heteroatoms. The fourth-order valence-corrected chi connectivity index (χ4v) is 5.33. The van der Waals surface area contributed by atoms with E-state index < -0.39 is 5.25 Å². The molecular formula is C27H23ClN4O2S. The van der Waals surface area contributed by atoms with Crippen LogP contribution in [-0.2, 0) is 9.59 Å². The van der Waals surface area contributed by atoms with Gasteiger partial charge in [-0.3, -0.25) is 9.59 Å². The number of hydrazone groups is 1. The number of carbonyl (C=O) groups is 2. The normalized spacial score (nSPS) is 19.5. The molecule has 5 rings (SSSR count). The Morgan fingerprint density at radius 1 is 1.09 bits per heavy atom. The highest BCUT2D eigenvalue weighted by Gasteiger charge is 2.39. The van der Waals surface area contributed by atoms with Gasteiger partial charge < -0.3 is 5.32 Å². The molecule has 2 atom stereocenters. The topological polar surface area (TPSA) is 74.1 Å². The number of benzene rings is 3. The Kier molecular flexibility index (Phi) is 6.70. The minimum absolute atomic E-state index is 0.0438. The number of amides is 2. The molecule has 2 amide bonds. The van der Waals surface area contributed by atoms with E-state index in [1.54, 1.807) is 0 Å². The van der Waals surface area contributed by atoms with Gasteiger partial charge in [-0.25, -0.2) is 5.01 Å². The van der Waals surface area contributed by atoms with Crippen molar-refractivity contribution >= 4 is 51.7 Å². The number of anilines is 1. The fraction of sp³-hybridized carbons (Fsp3) is 0.185. The van der Waals surface area contributed by atoms with Crippen LogP contribution in [0.4, 0.5) is 5.69 Å². The number of carbonyl (C=O) groups excluding carboxylic acids is 2. The van der Waals surface area contributed by atoms with Crippen LogP contribution in [0.3, 0.4) is 0 Å². The molecule has 2 aliphatic heterocycles. The number of nitrogens with one attached hydrogen (secondary N) is 1. The van der Waals surface area contributed by atoms with E-state index in [1.165, 1.54) is 11.8 Å². The first-order chi connectivity index (χ1) is 17.0. The number of hydrogen-bond donors (Lipinski definition) is 1. The van der Waals surface area contributed by atoms with E-state index in [0.29, 0.717) is 22.3 Å². The average Bonchev–Trinajstić information content (AvgIpc) is 3.44. The van der Waals surface area contributed by atoms with E-state index in [-0.39, 0.29) is 24.3 Å². The van der Waals surface area contributed by atoms with Gasteiger partial charge in [-0.2, -0.15) is 10.1 Å². The molecule has 3 aromatic rings.